The average molecular weight is 419 g/mol. The van der Waals surface area contributed by atoms with Gasteiger partial charge in [0.1, 0.15) is 0 Å². The summed E-state index contributed by atoms with van der Waals surface area (Å²) in [4.78, 5) is 13.6. The van der Waals surface area contributed by atoms with Crippen LogP contribution in [0, 0.1) is 0 Å². The Hall–Kier alpha value is -2.26. The van der Waals surface area contributed by atoms with Gasteiger partial charge in [-0.1, -0.05) is 18.2 Å². The van der Waals surface area contributed by atoms with Crippen molar-refractivity contribution in [2.45, 2.75) is 10.9 Å². The molecule has 0 bridgehead atoms. The highest BCUT2D eigenvalue weighted by Gasteiger charge is 2.22. The minimum atomic E-state index is -3.71. The summed E-state index contributed by atoms with van der Waals surface area (Å²) >= 11 is 1.65. The molecule has 3 aromatic rings. The first-order valence-electron chi connectivity index (χ1n) is 8.64. The molecule has 1 aromatic heterocycles. The van der Waals surface area contributed by atoms with E-state index in [1.165, 1.54) is 36.1 Å². The molecule has 6 nitrogen and oxygen atoms in total. The van der Waals surface area contributed by atoms with Gasteiger partial charge in [0.05, 0.1) is 17.6 Å². The van der Waals surface area contributed by atoms with E-state index < -0.39 is 16.0 Å². The van der Waals surface area contributed by atoms with E-state index in [1.807, 2.05) is 31.1 Å². The van der Waals surface area contributed by atoms with Crippen LogP contribution < -0.4 is 4.72 Å². The van der Waals surface area contributed by atoms with Crippen molar-refractivity contribution in [3.63, 3.8) is 0 Å². The zero-order valence-electron chi connectivity index (χ0n) is 15.9. The van der Waals surface area contributed by atoms with Gasteiger partial charge in [0.2, 0.25) is 10.0 Å². The molecule has 0 aliphatic rings. The number of rotatable bonds is 7. The Kier molecular flexibility index (Phi) is 6.14. The Morgan fingerprint density at radius 2 is 1.82 bits per heavy atom. The molecule has 0 radical (unpaired) electrons. The van der Waals surface area contributed by atoms with E-state index in [9.17, 15) is 13.2 Å². The van der Waals surface area contributed by atoms with E-state index in [1.54, 1.807) is 11.3 Å². The normalized spacial score (nSPS) is 13.0. The fourth-order valence-electron chi connectivity index (χ4n) is 2.99. The van der Waals surface area contributed by atoms with Gasteiger partial charge in [-0.2, -0.15) is 0 Å². The molecule has 2 aromatic carbocycles. The minimum Gasteiger partial charge on any atom is -0.465 e. The van der Waals surface area contributed by atoms with E-state index in [0.29, 0.717) is 5.56 Å². The number of esters is 1. The zero-order chi connectivity index (χ0) is 20.3. The number of nitrogens with one attached hydrogen (secondary N) is 1. The van der Waals surface area contributed by atoms with Crippen LogP contribution in [0.5, 0.6) is 0 Å². The van der Waals surface area contributed by atoms with Crippen LogP contribution in [0.1, 0.15) is 22.0 Å². The maximum atomic E-state index is 12.7. The number of carbonyl (C=O) groups is 1. The smallest absolute Gasteiger partial charge is 0.337 e. The maximum absolute atomic E-state index is 12.7. The van der Waals surface area contributed by atoms with Crippen molar-refractivity contribution in [1.82, 2.24) is 9.62 Å². The Bertz CT molecular complexity index is 1070. The number of hydrogen-bond acceptors (Lipinski definition) is 6. The molecular formula is C20H22N2O4S2. The van der Waals surface area contributed by atoms with E-state index in [0.717, 1.165) is 10.9 Å². The molecule has 1 N–H and O–H groups in total. The summed E-state index contributed by atoms with van der Waals surface area (Å²) in [5.41, 5.74) is 1.40. The highest BCUT2D eigenvalue weighted by Crippen LogP contribution is 2.32. The lowest BCUT2D eigenvalue weighted by Crippen LogP contribution is -2.34. The van der Waals surface area contributed by atoms with Crippen molar-refractivity contribution in [2.24, 2.45) is 0 Å². The standard InChI is InChI=1S/C20H22N2O4S2/c1-22(2)18(17-13-27-19-7-5-4-6-16(17)19)12-21-28(24,25)15-10-8-14(9-11-15)20(23)26-3/h4-11,13,18,21H,12H2,1-3H3/t18-/m1/s1. The lowest BCUT2D eigenvalue weighted by Gasteiger charge is -2.24. The molecule has 28 heavy (non-hydrogen) atoms. The highest BCUT2D eigenvalue weighted by molar-refractivity contribution is 7.89. The molecule has 1 atom stereocenters. The predicted molar refractivity (Wildman–Crippen MR) is 111 cm³/mol. The van der Waals surface area contributed by atoms with Crippen LogP contribution in [0.2, 0.25) is 0 Å². The number of ether oxygens (including phenoxy) is 1. The second-order valence-corrected chi connectivity index (χ2v) is 9.21. The number of benzene rings is 2. The third kappa shape index (κ3) is 4.25. The van der Waals surface area contributed by atoms with E-state index in [-0.39, 0.29) is 17.5 Å². The van der Waals surface area contributed by atoms with Gasteiger partial charge in [-0.25, -0.2) is 17.9 Å². The molecule has 0 amide bonds. The van der Waals surface area contributed by atoms with Crippen LogP contribution in [0.3, 0.4) is 0 Å². The lowest BCUT2D eigenvalue weighted by molar-refractivity contribution is 0.0600. The maximum Gasteiger partial charge on any atom is 0.337 e. The van der Waals surface area contributed by atoms with Crippen LogP contribution in [0.4, 0.5) is 0 Å². The first kappa shape index (κ1) is 20.5. The van der Waals surface area contributed by atoms with Crippen molar-refractivity contribution in [3.8, 4) is 0 Å². The monoisotopic (exact) mass is 418 g/mol. The Labute approximate surface area is 168 Å². The highest BCUT2D eigenvalue weighted by atomic mass is 32.2. The van der Waals surface area contributed by atoms with Crippen LogP contribution in [-0.4, -0.2) is 47.0 Å². The number of thiophene rings is 1. The summed E-state index contributed by atoms with van der Waals surface area (Å²) in [5.74, 6) is -0.506. The fraction of sp³-hybridized carbons (Fsp3) is 0.250. The van der Waals surface area contributed by atoms with Crippen molar-refractivity contribution in [3.05, 3.63) is 65.0 Å². The molecule has 0 aliphatic heterocycles. The molecule has 0 saturated heterocycles. The summed E-state index contributed by atoms with van der Waals surface area (Å²) in [6, 6.07) is 13.7. The second-order valence-electron chi connectivity index (χ2n) is 6.53. The van der Waals surface area contributed by atoms with Gasteiger partial charge in [0.15, 0.2) is 0 Å². The van der Waals surface area contributed by atoms with Crippen molar-refractivity contribution >= 4 is 37.4 Å². The fourth-order valence-corrected chi connectivity index (χ4v) is 5.03. The van der Waals surface area contributed by atoms with E-state index >= 15 is 0 Å². The van der Waals surface area contributed by atoms with Crippen LogP contribution >= 0.6 is 11.3 Å². The molecule has 0 fully saturated rings. The molecular weight excluding hydrogens is 396 g/mol. The molecule has 1 heterocycles. The zero-order valence-corrected chi connectivity index (χ0v) is 17.5. The number of hydrogen-bond donors (Lipinski definition) is 1. The van der Waals surface area contributed by atoms with Gasteiger partial charge >= 0.3 is 5.97 Å². The molecule has 0 spiro atoms. The summed E-state index contributed by atoms with van der Waals surface area (Å²) in [6.07, 6.45) is 0. The van der Waals surface area contributed by atoms with Gasteiger partial charge in [0, 0.05) is 17.3 Å². The largest absolute Gasteiger partial charge is 0.465 e. The van der Waals surface area contributed by atoms with Gasteiger partial charge in [-0.3, -0.25) is 0 Å². The number of nitrogens with zero attached hydrogens (tertiary/aromatic N) is 1. The number of methoxy groups -OCH3 is 1. The molecule has 148 valence electrons. The number of fused-ring (bicyclic) bond motifs is 1. The van der Waals surface area contributed by atoms with Crippen molar-refractivity contribution in [1.29, 1.82) is 0 Å². The van der Waals surface area contributed by atoms with Gasteiger partial charge < -0.3 is 9.64 Å². The van der Waals surface area contributed by atoms with Crippen LogP contribution in [-0.2, 0) is 14.8 Å². The van der Waals surface area contributed by atoms with Gasteiger partial charge in [-0.05, 0) is 60.8 Å². The topological polar surface area (TPSA) is 75.7 Å². The Morgan fingerprint density at radius 3 is 2.46 bits per heavy atom. The molecule has 0 saturated carbocycles. The lowest BCUT2D eigenvalue weighted by atomic mass is 10.1. The third-order valence-corrected chi connectivity index (χ3v) is 6.97. The first-order valence-corrected chi connectivity index (χ1v) is 11.0. The van der Waals surface area contributed by atoms with Crippen molar-refractivity contribution < 1.29 is 17.9 Å². The average Bonchev–Trinajstić information content (AvgIpc) is 3.11. The number of likely N-dealkylation sites (N-methyl/N-ethyl adjacent to an activating group) is 1. The van der Waals surface area contributed by atoms with Gasteiger partial charge in [-0.15, -0.1) is 11.3 Å². The van der Waals surface area contributed by atoms with Crippen LogP contribution in [0.25, 0.3) is 10.1 Å². The molecule has 0 aliphatic carbocycles. The molecule has 8 heteroatoms. The minimum absolute atomic E-state index is 0.104. The van der Waals surface area contributed by atoms with E-state index in [2.05, 4.69) is 27.0 Å². The quantitative estimate of drug-likeness (QED) is 0.596. The molecule has 0 unspecified atom stereocenters. The summed E-state index contributed by atoms with van der Waals surface area (Å²) in [6.45, 7) is 0.231. The summed E-state index contributed by atoms with van der Waals surface area (Å²) in [7, 11) is 1.43. The predicted octanol–water partition coefficient (Wildman–Crippen LogP) is 3.27. The number of sulfonamides is 1. The Morgan fingerprint density at radius 1 is 1.14 bits per heavy atom. The molecule has 3 rings (SSSR count). The summed E-state index contributed by atoms with van der Waals surface area (Å²) in [5, 5.41) is 3.21. The van der Waals surface area contributed by atoms with Gasteiger partial charge in [0.25, 0.3) is 0 Å². The summed E-state index contributed by atoms with van der Waals surface area (Å²) < 4.78 is 33.9. The SMILES string of the molecule is COC(=O)c1ccc(S(=O)(=O)NC[C@H](c2csc3ccccc23)N(C)C)cc1. The van der Waals surface area contributed by atoms with E-state index in [4.69, 9.17) is 0 Å². The second kappa shape index (κ2) is 8.40. The third-order valence-electron chi connectivity index (χ3n) is 4.55. The Balaban J connectivity index is 1.80. The van der Waals surface area contributed by atoms with Crippen LogP contribution in [0.15, 0.2) is 58.8 Å². The van der Waals surface area contributed by atoms with Crippen molar-refractivity contribution in [2.75, 3.05) is 27.7 Å². The number of carbonyl (C=O) groups excluding carboxylic acids is 1. The first-order chi connectivity index (χ1) is 13.3.